The van der Waals surface area contributed by atoms with Crippen molar-refractivity contribution in [2.45, 2.75) is 258 Å². The number of nitrogens with zero attached hydrogens (tertiary/aromatic N) is 1. The van der Waals surface area contributed by atoms with Crippen LogP contribution in [-0.2, 0) is 19.4 Å². The molecule has 0 aromatic carbocycles. The van der Waals surface area contributed by atoms with Crippen molar-refractivity contribution in [3.8, 4) is 0 Å². The molecule has 0 atom stereocenters. The Morgan fingerprint density at radius 1 is 0.326 bits per heavy atom. The largest absolute Gasteiger partial charge is 0.205 e. The van der Waals surface area contributed by atoms with Gasteiger partial charge in [0.2, 0.25) is 0 Å². The van der Waals surface area contributed by atoms with Gasteiger partial charge in [0, 0.05) is 11.6 Å². The summed E-state index contributed by atoms with van der Waals surface area (Å²) in [5.41, 5.74) is 3.28. The van der Waals surface area contributed by atoms with Crippen LogP contribution in [0, 0.1) is 0 Å². The van der Waals surface area contributed by atoms with Crippen molar-refractivity contribution in [3.63, 3.8) is 0 Å². The van der Waals surface area contributed by atoms with Gasteiger partial charge in [-0.1, -0.05) is 219 Å². The molecule has 1 aromatic heterocycles. The molecule has 0 unspecified atom stereocenters. The Bertz CT molecular complexity index is 724. The third-order valence-corrected chi connectivity index (χ3v) is 10.7. The molecule has 1 aromatic rings. The molecule has 46 heavy (non-hydrogen) atoms. The first-order valence-electron chi connectivity index (χ1n) is 21.8. The van der Waals surface area contributed by atoms with E-state index in [2.05, 4.69) is 43.8 Å². The zero-order chi connectivity index (χ0) is 33.0. The van der Waals surface area contributed by atoms with Gasteiger partial charge in [-0.25, -0.2) is 4.57 Å². The summed E-state index contributed by atoms with van der Waals surface area (Å²) in [6.07, 6.45) is 56.7. The summed E-state index contributed by atoms with van der Waals surface area (Å²) in [5.74, 6) is 0. The molecular weight excluding hydrogens is 555 g/mol. The Labute approximate surface area is 291 Å². The fourth-order valence-corrected chi connectivity index (χ4v) is 7.37. The standard InChI is InChI=1S/C45H86N/c1-4-7-9-11-13-15-17-19-21-23-25-27-29-31-33-35-37-39-44-41-42-46(6-3)43-45(44)40-38-36-34-32-30-28-26-24-22-20-18-16-14-12-10-8-5-2/h41-43H,4-40H2,1-3H3/q+1. The molecule has 1 heteroatoms. The van der Waals surface area contributed by atoms with Crippen molar-refractivity contribution in [3.05, 3.63) is 29.6 Å². The van der Waals surface area contributed by atoms with Crippen LogP contribution in [-0.4, -0.2) is 0 Å². The van der Waals surface area contributed by atoms with Crippen LogP contribution in [0.5, 0.6) is 0 Å². The predicted octanol–water partition coefficient (Wildman–Crippen LogP) is 15.4. The summed E-state index contributed by atoms with van der Waals surface area (Å²) in [6.45, 7) is 7.98. The average Bonchev–Trinajstić information content (AvgIpc) is 3.07. The maximum atomic E-state index is 2.47. The minimum absolute atomic E-state index is 1.09. The summed E-state index contributed by atoms with van der Waals surface area (Å²) in [6, 6.07) is 2.44. The number of hydrogen-bond donors (Lipinski definition) is 0. The van der Waals surface area contributed by atoms with Crippen molar-refractivity contribution >= 4 is 0 Å². The zero-order valence-electron chi connectivity index (χ0n) is 32.3. The lowest BCUT2D eigenvalue weighted by Crippen LogP contribution is -2.32. The number of aromatic nitrogens is 1. The molecule has 0 aliphatic rings. The van der Waals surface area contributed by atoms with Gasteiger partial charge in [0.15, 0.2) is 12.4 Å². The Hall–Kier alpha value is -0.850. The van der Waals surface area contributed by atoms with E-state index in [4.69, 9.17) is 0 Å². The van der Waals surface area contributed by atoms with E-state index in [0.29, 0.717) is 0 Å². The van der Waals surface area contributed by atoms with Gasteiger partial charge >= 0.3 is 0 Å². The molecule has 1 heterocycles. The Morgan fingerprint density at radius 3 is 0.870 bits per heavy atom. The van der Waals surface area contributed by atoms with Gasteiger partial charge in [-0.15, -0.1) is 0 Å². The van der Waals surface area contributed by atoms with E-state index in [1.54, 1.807) is 11.1 Å². The smallest absolute Gasteiger partial charge is 0.172 e. The van der Waals surface area contributed by atoms with E-state index in [1.807, 2.05) is 0 Å². The summed E-state index contributed by atoms with van der Waals surface area (Å²) < 4.78 is 2.39. The SMILES string of the molecule is CCCCCCCCCCCCCCCCCCCc1cc[n+](CC)cc1CCCCCCCCCCCCCCCCCCC. The minimum Gasteiger partial charge on any atom is -0.205 e. The minimum atomic E-state index is 1.09. The maximum absolute atomic E-state index is 2.47. The van der Waals surface area contributed by atoms with Gasteiger partial charge in [-0.3, -0.25) is 0 Å². The highest BCUT2D eigenvalue weighted by Gasteiger charge is 2.09. The van der Waals surface area contributed by atoms with Crippen molar-refractivity contribution in [2.24, 2.45) is 0 Å². The molecule has 0 N–H and O–H groups in total. The third-order valence-electron chi connectivity index (χ3n) is 10.7. The monoisotopic (exact) mass is 641 g/mol. The Morgan fingerprint density at radius 2 is 0.587 bits per heavy atom. The second-order valence-electron chi connectivity index (χ2n) is 15.1. The van der Waals surface area contributed by atoms with Crippen LogP contribution in [0.15, 0.2) is 18.5 Å². The van der Waals surface area contributed by atoms with Gasteiger partial charge < -0.3 is 0 Å². The molecule has 0 saturated heterocycles. The van der Waals surface area contributed by atoms with Crippen LogP contribution in [0.1, 0.15) is 250 Å². The van der Waals surface area contributed by atoms with Crippen LogP contribution in [0.25, 0.3) is 0 Å². The Kier molecular flexibility index (Phi) is 33.3. The van der Waals surface area contributed by atoms with Gasteiger partial charge in [0.1, 0.15) is 6.54 Å². The molecule has 1 nitrogen and oxygen atoms in total. The number of rotatable bonds is 37. The van der Waals surface area contributed by atoms with Crippen LogP contribution in [0.3, 0.4) is 0 Å². The highest BCUT2D eigenvalue weighted by atomic mass is 14.9. The topological polar surface area (TPSA) is 3.88 Å². The predicted molar refractivity (Wildman–Crippen MR) is 208 cm³/mol. The van der Waals surface area contributed by atoms with Crippen molar-refractivity contribution in [1.29, 1.82) is 0 Å². The molecule has 0 aliphatic heterocycles. The molecule has 1 rings (SSSR count). The number of hydrogen-bond acceptors (Lipinski definition) is 0. The molecule has 0 radical (unpaired) electrons. The molecule has 0 saturated carbocycles. The second-order valence-corrected chi connectivity index (χ2v) is 15.1. The zero-order valence-corrected chi connectivity index (χ0v) is 32.3. The van der Waals surface area contributed by atoms with Crippen molar-refractivity contribution in [1.82, 2.24) is 0 Å². The molecule has 270 valence electrons. The van der Waals surface area contributed by atoms with Gasteiger partial charge in [-0.2, -0.15) is 0 Å². The third kappa shape index (κ3) is 28.2. The molecule has 0 spiro atoms. The first kappa shape index (κ1) is 43.2. The second kappa shape index (κ2) is 35.5. The van der Waals surface area contributed by atoms with E-state index < -0.39 is 0 Å². The van der Waals surface area contributed by atoms with Gasteiger partial charge in [-0.05, 0) is 38.2 Å². The normalized spacial score (nSPS) is 11.5. The molecular formula is C45H86N+. The summed E-state index contributed by atoms with van der Waals surface area (Å²) in [7, 11) is 0. The van der Waals surface area contributed by atoms with Crippen molar-refractivity contribution in [2.75, 3.05) is 0 Å². The number of unbranched alkanes of at least 4 members (excludes halogenated alkanes) is 32. The van der Waals surface area contributed by atoms with E-state index in [0.717, 1.165) is 6.54 Å². The van der Waals surface area contributed by atoms with Gasteiger partial charge in [0.05, 0.1) is 0 Å². The fourth-order valence-electron chi connectivity index (χ4n) is 7.37. The molecule has 0 fully saturated rings. The Balaban J connectivity index is 1.98. The lowest BCUT2D eigenvalue weighted by Gasteiger charge is -2.09. The maximum Gasteiger partial charge on any atom is 0.172 e. The lowest BCUT2D eigenvalue weighted by atomic mass is 9.97. The summed E-state index contributed by atoms with van der Waals surface area (Å²) >= 11 is 0. The van der Waals surface area contributed by atoms with Crippen molar-refractivity contribution < 1.29 is 4.57 Å². The average molecular weight is 641 g/mol. The number of pyridine rings is 1. The molecule has 0 amide bonds. The van der Waals surface area contributed by atoms with E-state index in [9.17, 15) is 0 Å². The van der Waals surface area contributed by atoms with Crippen LogP contribution in [0.2, 0.25) is 0 Å². The quantitative estimate of drug-likeness (QED) is 0.0503. The first-order chi connectivity index (χ1) is 22.8. The van der Waals surface area contributed by atoms with Crippen LogP contribution >= 0.6 is 0 Å². The fraction of sp³-hybridized carbons (Fsp3) is 0.889. The van der Waals surface area contributed by atoms with E-state index in [1.165, 1.54) is 231 Å². The molecule has 0 aliphatic carbocycles. The van der Waals surface area contributed by atoms with Gasteiger partial charge in [0.25, 0.3) is 0 Å². The van der Waals surface area contributed by atoms with E-state index >= 15 is 0 Å². The van der Waals surface area contributed by atoms with Crippen LogP contribution < -0.4 is 4.57 Å². The summed E-state index contributed by atoms with van der Waals surface area (Å²) in [4.78, 5) is 0. The first-order valence-corrected chi connectivity index (χ1v) is 21.8. The van der Waals surface area contributed by atoms with Crippen LogP contribution in [0.4, 0.5) is 0 Å². The highest BCUT2D eigenvalue weighted by molar-refractivity contribution is 5.21. The highest BCUT2D eigenvalue weighted by Crippen LogP contribution is 2.19. The summed E-state index contributed by atoms with van der Waals surface area (Å²) in [5, 5.41) is 0. The number of aryl methyl sites for hydroxylation is 3. The van der Waals surface area contributed by atoms with E-state index in [-0.39, 0.29) is 0 Å². The lowest BCUT2D eigenvalue weighted by molar-refractivity contribution is -0.694. The molecule has 0 bridgehead atoms.